The molecular formula is C15H11FN2O. The van der Waals surface area contributed by atoms with Gasteiger partial charge in [0.1, 0.15) is 5.82 Å². The summed E-state index contributed by atoms with van der Waals surface area (Å²) >= 11 is 0. The molecule has 0 spiro atoms. The normalized spacial score (nSPS) is 9.74. The third-order valence-corrected chi connectivity index (χ3v) is 2.58. The summed E-state index contributed by atoms with van der Waals surface area (Å²) in [7, 11) is 0. The molecule has 19 heavy (non-hydrogen) atoms. The summed E-state index contributed by atoms with van der Waals surface area (Å²) in [5, 5.41) is 11.8. The molecule has 0 unspecified atom stereocenters. The lowest BCUT2D eigenvalue weighted by molar-refractivity contribution is 0.101. The number of ketones is 1. The van der Waals surface area contributed by atoms with Crippen LogP contribution in [0.1, 0.15) is 22.8 Å². The van der Waals surface area contributed by atoms with Crippen molar-refractivity contribution >= 4 is 17.2 Å². The van der Waals surface area contributed by atoms with Gasteiger partial charge in [-0.25, -0.2) is 4.39 Å². The van der Waals surface area contributed by atoms with Crippen LogP contribution in [0.4, 0.5) is 15.8 Å². The van der Waals surface area contributed by atoms with Crippen LogP contribution in [0, 0.1) is 17.1 Å². The molecule has 0 atom stereocenters. The molecule has 0 aliphatic carbocycles. The number of nitriles is 1. The van der Waals surface area contributed by atoms with Crippen LogP contribution in [0.5, 0.6) is 0 Å². The molecule has 1 N–H and O–H groups in total. The molecule has 0 saturated carbocycles. The van der Waals surface area contributed by atoms with E-state index in [9.17, 15) is 9.18 Å². The molecule has 0 aliphatic heterocycles. The van der Waals surface area contributed by atoms with Crippen LogP contribution in [0.3, 0.4) is 0 Å². The number of carbonyl (C=O) groups is 1. The second-order valence-electron chi connectivity index (χ2n) is 4.10. The highest BCUT2D eigenvalue weighted by Gasteiger charge is 2.05. The molecule has 3 nitrogen and oxygen atoms in total. The predicted octanol–water partition coefficient (Wildman–Crippen LogP) is 3.64. The van der Waals surface area contributed by atoms with Gasteiger partial charge in [0, 0.05) is 16.9 Å². The number of halogens is 1. The molecule has 94 valence electrons. The van der Waals surface area contributed by atoms with E-state index in [1.165, 1.54) is 19.1 Å². The number of carbonyl (C=O) groups excluding carboxylic acids is 1. The number of Topliss-reactive ketones (excluding diaryl/α,β-unsaturated/α-hetero) is 1. The Balaban J connectivity index is 2.33. The summed E-state index contributed by atoms with van der Waals surface area (Å²) in [4.78, 5) is 11.3. The maximum atomic E-state index is 13.4. The molecule has 0 heterocycles. The minimum absolute atomic E-state index is 0.201. The van der Waals surface area contributed by atoms with Crippen LogP contribution < -0.4 is 5.32 Å². The Hall–Kier alpha value is -2.67. The van der Waals surface area contributed by atoms with E-state index in [-0.39, 0.29) is 5.78 Å². The Kier molecular flexibility index (Phi) is 3.58. The SMILES string of the molecule is CC(=O)c1cc(F)cc(Nc2cccc(C#N)c2)c1. The fourth-order valence-corrected chi connectivity index (χ4v) is 1.70. The summed E-state index contributed by atoms with van der Waals surface area (Å²) in [6.45, 7) is 1.38. The van der Waals surface area contributed by atoms with E-state index >= 15 is 0 Å². The van der Waals surface area contributed by atoms with Crippen molar-refractivity contribution in [2.24, 2.45) is 0 Å². The maximum Gasteiger partial charge on any atom is 0.159 e. The predicted molar refractivity (Wildman–Crippen MR) is 70.8 cm³/mol. The van der Waals surface area contributed by atoms with E-state index in [4.69, 9.17) is 5.26 Å². The molecule has 0 fully saturated rings. The van der Waals surface area contributed by atoms with Crippen molar-refractivity contribution in [3.8, 4) is 6.07 Å². The maximum absolute atomic E-state index is 13.4. The van der Waals surface area contributed by atoms with Gasteiger partial charge in [-0.1, -0.05) is 6.07 Å². The van der Waals surface area contributed by atoms with Crippen LogP contribution in [0.15, 0.2) is 42.5 Å². The van der Waals surface area contributed by atoms with Gasteiger partial charge in [-0.3, -0.25) is 4.79 Å². The molecule has 0 bridgehead atoms. The highest BCUT2D eigenvalue weighted by Crippen LogP contribution is 2.20. The van der Waals surface area contributed by atoms with Gasteiger partial charge in [0.15, 0.2) is 5.78 Å². The first-order valence-electron chi connectivity index (χ1n) is 5.67. The average molecular weight is 254 g/mol. The first kappa shape index (κ1) is 12.8. The monoisotopic (exact) mass is 254 g/mol. The van der Waals surface area contributed by atoms with Crippen LogP contribution in [0.25, 0.3) is 0 Å². The summed E-state index contributed by atoms with van der Waals surface area (Å²) < 4.78 is 13.4. The zero-order chi connectivity index (χ0) is 13.8. The molecule has 0 aromatic heterocycles. The number of anilines is 2. The molecule has 2 aromatic rings. The van der Waals surface area contributed by atoms with Crippen molar-refractivity contribution in [1.82, 2.24) is 0 Å². The minimum Gasteiger partial charge on any atom is -0.355 e. The lowest BCUT2D eigenvalue weighted by Crippen LogP contribution is -1.97. The summed E-state index contributed by atoms with van der Waals surface area (Å²) in [5.74, 6) is -0.681. The Morgan fingerprint density at radius 2 is 2.00 bits per heavy atom. The molecule has 0 amide bonds. The number of hydrogen-bond donors (Lipinski definition) is 1. The fourth-order valence-electron chi connectivity index (χ4n) is 1.70. The van der Waals surface area contributed by atoms with E-state index in [0.717, 1.165) is 0 Å². The minimum atomic E-state index is -0.480. The van der Waals surface area contributed by atoms with Gasteiger partial charge >= 0.3 is 0 Å². The number of hydrogen-bond acceptors (Lipinski definition) is 3. The Morgan fingerprint density at radius 3 is 2.68 bits per heavy atom. The third kappa shape index (κ3) is 3.17. The smallest absolute Gasteiger partial charge is 0.159 e. The van der Waals surface area contributed by atoms with Crippen LogP contribution in [0.2, 0.25) is 0 Å². The second-order valence-corrected chi connectivity index (χ2v) is 4.10. The van der Waals surface area contributed by atoms with Gasteiger partial charge in [-0.05, 0) is 43.3 Å². The lowest BCUT2D eigenvalue weighted by atomic mass is 10.1. The second kappa shape index (κ2) is 5.32. The molecule has 2 rings (SSSR count). The van der Waals surface area contributed by atoms with Crippen molar-refractivity contribution in [2.75, 3.05) is 5.32 Å². The highest BCUT2D eigenvalue weighted by atomic mass is 19.1. The fraction of sp³-hybridized carbons (Fsp3) is 0.0667. The zero-order valence-electron chi connectivity index (χ0n) is 10.3. The quantitative estimate of drug-likeness (QED) is 0.851. The van der Waals surface area contributed by atoms with Crippen molar-refractivity contribution < 1.29 is 9.18 Å². The van der Waals surface area contributed by atoms with E-state index in [1.54, 1.807) is 30.3 Å². The molecule has 4 heteroatoms. The van der Waals surface area contributed by atoms with Gasteiger partial charge in [-0.15, -0.1) is 0 Å². The topological polar surface area (TPSA) is 52.9 Å². The molecule has 0 saturated heterocycles. The van der Waals surface area contributed by atoms with E-state index in [0.29, 0.717) is 22.5 Å². The molecular weight excluding hydrogens is 243 g/mol. The van der Waals surface area contributed by atoms with Crippen molar-refractivity contribution in [3.63, 3.8) is 0 Å². The van der Waals surface area contributed by atoms with E-state index in [2.05, 4.69) is 5.32 Å². The van der Waals surface area contributed by atoms with E-state index in [1.807, 2.05) is 6.07 Å². The van der Waals surface area contributed by atoms with E-state index < -0.39 is 5.82 Å². The Bertz CT molecular complexity index is 674. The first-order chi connectivity index (χ1) is 9.08. The largest absolute Gasteiger partial charge is 0.355 e. The van der Waals surface area contributed by atoms with Gasteiger partial charge in [0.05, 0.1) is 11.6 Å². The van der Waals surface area contributed by atoms with Crippen LogP contribution in [-0.4, -0.2) is 5.78 Å². The number of nitrogens with one attached hydrogen (secondary N) is 1. The average Bonchev–Trinajstić information content (AvgIpc) is 2.38. The van der Waals surface area contributed by atoms with Gasteiger partial charge < -0.3 is 5.32 Å². The number of rotatable bonds is 3. The Morgan fingerprint density at radius 1 is 1.21 bits per heavy atom. The Labute approximate surface area is 110 Å². The highest BCUT2D eigenvalue weighted by molar-refractivity contribution is 5.95. The van der Waals surface area contributed by atoms with Crippen LogP contribution >= 0.6 is 0 Å². The van der Waals surface area contributed by atoms with Crippen molar-refractivity contribution in [1.29, 1.82) is 5.26 Å². The third-order valence-electron chi connectivity index (χ3n) is 2.58. The first-order valence-corrected chi connectivity index (χ1v) is 5.67. The van der Waals surface area contributed by atoms with Gasteiger partial charge in [-0.2, -0.15) is 5.26 Å². The van der Waals surface area contributed by atoms with Crippen LogP contribution in [-0.2, 0) is 0 Å². The summed E-state index contributed by atoms with van der Waals surface area (Å²) in [6, 6.07) is 12.9. The van der Waals surface area contributed by atoms with Gasteiger partial charge in [0.2, 0.25) is 0 Å². The zero-order valence-corrected chi connectivity index (χ0v) is 10.3. The molecule has 0 aliphatic rings. The summed E-state index contributed by atoms with van der Waals surface area (Å²) in [5.41, 5.74) is 1.95. The van der Waals surface area contributed by atoms with Crippen molar-refractivity contribution in [2.45, 2.75) is 6.92 Å². The molecule has 2 aromatic carbocycles. The number of benzene rings is 2. The standard InChI is InChI=1S/C15H11FN2O/c1-10(19)12-6-13(16)8-15(7-12)18-14-4-2-3-11(5-14)9-17/h2-8,18H,1H3. The summed E-state index contributed by atoms with van der Waals surface area (Å²) in [6.07, 6.45) is 0. The molecule has 0 radical (unpaired) electrons. The van der Waals surface area contributed by atoms with Gasteiger partial charge in [0.25, 0.3) is 0 Å². The number of nitrogens with zero attached hydrogens (tertiary/aromatic N) is 1. The van der Waals surface area contributed by atoms with Crippen molar-refractivity contribution in [3.05, 3.63) is 59.4 Å². The lowest BCUT2D eigenvalue weighted by Gasteiger charge is -2.08.